The molecular formula is C21H18F3N3O5S. The topological polar surface area (TPSA) is 120 Å². The third-order valence-corrected chi connectivity index (χ3v) is 5.83. The van der Waals surface area contributed by atoms with Crippen LogP contribution in [0.15, 0.2) is 57.6 Å². The van der Waals surface area contributed by atoms with Gasteiger partial charge in [-0.25, -0.2) is 0 Å². The lowest BCUT2D eigenvalue weighted by atomic mass is 10.1. The Balaban J connectivity index is 2.22. The van der Waals surface area contributed by atoms with E-state index < -0.39 is 38.2 Å². The molecule has 2 N–H and O–H groups in total. The number of nitrogens with zero attached hydrogens (tertiary/aromatic N) is 3. The molecule has 0 aliphatic carbocycles. The van der Waals surface area contributed by atoms with Crippen molar-refractivity contribution in [3.63, 3.8) is 0 Å². The summed E-state index contributed by atoms with van der Waals surface area (Å²) >= 11 is 0. The van der Waals surface area contributed by atoms with Crippen molar-refractivity contribution in [3.8, 4) is 5.75 Å². The van der Waals surface area contributed by atoms with Crippen LogP contribution in [0, 0.1) is 6.92 Å². The van der Waals surface area contributed by atoms with Gasteiger partial charge in [0.1, 0.15) is 10.6 Å². The second-order valence-corrected chi connectivity index (χ2v) is 8.62. The number of amides is 1. The molecule has 0 saturated carbocycles. The van der Waals surface area contributed by atoms with Gasteiger partial charge in [-0.1, -0.05) is 12.1 Å². The first-order valence-corrected chi connectivity index (χ1v) is 10.7. The molecule has 3 aromatic rings. The molecule has 33 heavy (non-hydrogen) atoms. The number of benzene rings is 3. The lowest BCUT2D eigenvalue weighted by molar-refractivity contribution is -0.138. The summed E-state index contributed by atoms with van der Waals surface area (Å²) in [6.45, 7) is 2.59. The number of hydrogen-bond acceptors (Lipinski definition) is 6. The van der Waals surface area contributed by atoms with Gasteiger partial charge < -0.3 is 10.0 Å². The van der Waals surface area contributed by atoms with Crippen LogP contribution in [0.4, 0.5) is 30.2 Å². The van der Waals surface area contributed by atoms with Crippen LogP contribution in [-0.4, -0.2) is 31.0 Å². The number of azo groups is 1. The normalized spacial score (nSPS) is 12.5. The van der Waals surface area contributed by atoms with Crippen molar-refractivity contribution in [1.82, 2.24) is 0 Å². The minimum Gasteiger partial charge on any atom is -0.505 e. The number of carbonyl (C=O) groups is 1. The minimum atomic E-state index is -4.89. The third-order valence-electron chi connectivity index (χ3n) is 4.97. The third kappa shape index (κ3) is 4.96. The van der Waals surface area contributed by atoms with Crippen LogP contribution in [0.1, 0.15) is 18.1 Å². The summed E-state index contributed by atoms with van der Waals surface area (Å²) in [5, 5.41) is 18.3. The van der Waals surface area contributed by atoms with Crippen LogP contribution in [-0.2, 0) is 21.1 Å². The van der Waals surface area contributed by atoms with Gasteiger partial charge in [0.2, 0.25) is 5.91 Å². The fourth-order valence-electron chi connectivity index (χ4n) is 3.10. The zero-order valence-corrected chi connectivity index (χ0v) is 18.4. The lowest BCUT2D eigenvalue weighted by Crippen LogP contribution is -2.22. The molecule has 0 heterocycles. The molecule has 0 fully saturated rings. The Kier molecular flexibility index (Phi) is 6.18. The average molecular weight is 481 g/mol. The zero-order chi connectivity index (χ0) is 24.7. The Labute approximate surface area is 186 Å². The molecule has 0 radical (unpaired) electrons. The van der Waals surface area contributed by atoms with E-state index in [0.717, 1.165) is 12.1 Å². The number of anilines is 1. The number of aryl methyl sites for hydroxylation is 1. The maximum atomic E-state index is 13.2. The van der Waals surface area contributed by atoms with Crippen LogP contribution in [0.5, 0.6) is 5.75 Å². The van der Waals surface area contributed by atoms with Crippen LogP contribution in [0.3, 0.4) is 0 Å². The quantitative estimate of drug-likeness (QED) is 0.376. The molecule has 0 unspecified atom stereocenters. The summed E-state index contributed by atoms with van der Waals surface area (Å²) in [7, 11) is -3.40. The van der Waals surface area contributed by atoms with Gasteiger partial charge in [-0.2, -0.15) is 26.7 Å². The molecule has 0 atom stereocenters. The van der Waals surface area contributed by atoms with E-state index in [9.17, 15) is 36.0 Å². The van der Waals surface area contributed by atoms with Gasteiger partial charge in [0.15, 0.2) is 5.75 Å². The van der Waals surface area contributed by atoms with Gasteiger partial charge in [0.05, 0.1) is 11.3 Å². The standard InChI is InChI=1S/C21H18F3N3O5S/c1-11-4-6-14(9-17(11)21(22,23)24)25-26-19-18(33(30,31)32)8-13-5-7-15(27(3)12(2)28)10-16(13)20(19)29/h4-10,29H,1-3H3,(H,30,31,32). The summed E-state index contributed by atoms with van der Waals surface area (Å²) in [5.41, 5.74) is -1.54. The summed E-state index contributed by atoms with van der Waals surface area (Å²) < 4.78 is 72.9. The number of rotatable bonds is 4. The summed E-state index contributed by atoms with van der Waals surface area (Å²) in [4.78, 5) is 12.1. The number of phenols is 1. The highest BCUT2D eigenvalue weighted by molar-refractivity contribution is 7.86. The summed E-state index contributed by atoms with van der Waals surface area (Å²) in [6, 6.07) is 8.49. The first kappa shape index (κ1) is 24.1. The van der Waals surface area contributed by atoms with Crippen LogP contribution in [0.25, 0.3) is 10.8 Å². The molecule has 0 aliphatic rings. The molecule has 0 bridgehead atoms. The first-order chi connectivity index (χ1) is 15.2. The highest BCUT2D eigenvalue weighted by Crippen LogP contribution is 2.43. The van der Waals surface area contributed by atoms with Gasteiger partial charge in [-0.05, 0) is 48.2 Å². The van der Waals surface area contributed by atoms with E-state index >= 15 is 0 Å². The molecule has 3 rings (SSSR count). The molecule has 12 heteroatoms. The monoisotopic (exact) mass is 481 g/mol. The number of phenolic OH excluding ortho intramolecular Hbond substituents is 1. The van der Waals surface area contributed by atoms with Crippen molar-refractivity contribution < 1.29 is 36.0 Å². The Morgan fingerprint density at radius 3 is 2.30 bits per heavy atom. The van der Waals surface area contributed by atoms with Gasteiger partial charge in [-0.3, -0.25) is 9.35 Å². The molecule has 0 aromatic heterocycles. The molecule has 3 aromatic carbocycles. The van der Waals surface area contributed by atoms with Gasteiger partial charge in [0, 0.05) is 25.0 Å². The van der Waals surface area contributed by atoms with E-state index in [-0.39, 0.29) is 27.9 Å². The Hall–Kier alpha value is -3.51. The van der Waals surface area contributed by atoms with Crippen molar-refractivity contribution in [2.75, 3.05) is 11.9 Å². The predicted octanol–water partition coefficient (Wildman–Crippen LogP) is 5.52. The molecule has 0 saturated heterocycles. The molecular weight excluding hydrogens is 463 g/mol. The largest absolute Gasteiger partial charge is 0.505 e. The number of hydrogen-bond donors (Lipinski definition) is 2. The number of carbonyl (C=O) groups excluding carboxylic acids is 1. The van der Waals surface area contributed by atoms with Crippen molar-refractivity contribution in [2.45, 2.75) is 24.9 Å². The van der Waals surface area contributed by atoms with E-state index in [0.29, 0.717) is 5.69 Å². The first-order valence-electron chi connectivity index (χ1n) is 9.31. The number of halogens is 3. The summed E-state index contributed by atoms with van der Waals surface area (Å²) in [5.74, 6) is -0.992. The maximum absolute atomic E-state index is 13.2. The molecule has 1 amide bonds. The molecule has 174 valence electrons. The second-order valence-electron chi connectivity index (χ2n) is 7.23. The van der Waals surface area contributed by atoms with Crippen LogP contribution in [0.2, 0.25) is 0 Å². The zero-order valence-electron chi connectivity index (χ0n) is 17.5. The van der Waals surface area contributed by atoms with E-state index in [1.165, 1.54) is 56.1 Å². The van der Waals surface area contributed by atoms with Crippen LogP contribution < -0.4 is 4.90 Å². The van der Waals surface area contributed by atoms with Crippen molar-refractivity contribution in [1.29, 1.82) is 0 Å². The minimum absolute atomic E-state index is 0.0456. The smallest absolute Gasteiger partial charge is 0.416 e. The van der Waals surface area contributed by atoms with Gasteiger partial charge in [-0.15, -0.1) is 5.11 Å². The van der Waals surface area contributed by atoms with E-state index in [1.54, 1.807) is 0 Å². The SMILES string of the molecule is CC(=O)N(C)c1ccc2cc(S(=O)(=O)O)c(N=Nc3ccc(C)c(C(F)(F)F)c3)c(O)c2c1. The Morgan fingerprint density at radius 2 is 1.73 bits per heavy atom. The Morgan fingerprint density at radius 1 is 1.06 bits per heavy atom. The number of alkyl halides is 3. The summed E-state index contributed by atoms with van der Waals surface area (Å²) in [6.07, 6.45) is -4.64. The van der Waals surface area contributed by atoms with Gasteiger partial charge >= 0.3 is 6.18 Å². The van der Waals surface area contributed by atoms with E-state index in [2.05, 4.69) is 10.2 Å². The fraction of sp³-hybridized carbons (Fsp3) is 0.190. The van der Waals surface area contributed by atoms with Gasteiger partial charge in [0.25, 0.3) is 10.1 Å². The predicted molar refractivity (Wildman–Crippen MR) is 115 cm³/mol. The van der Waals surface area contributed by atoms with Crippen molar-refractivity contribution in [3.05, 3.63) is 53.6 Å². The lowest BCUT2D eigenvalue weighted by Gasteiger charge is -2.16. The second kappa shape index (κ2) is 8.45. The van der Waals surface area contributed by atoms with Crippen LogP contribution >= 0.6 is 0 Å². The molecule has 0 spiro atoms. The highest BCUT2D eigenvalue weighted by atomic mass is 32.2. The number of fused-ring (bicyclic) bond motifs is 1. The molecule has 8 nitrogen and oxygen atoms in total. The van der Waals surface area contributed by atoms with E-state index in [4.69, 9.17) is 0 Å². The average Bonchev–Trinajstić information content (AvgIpc) is 2.71. The van der Waals surface area contributed by atoms with E-state index in [1.807, 2.05) is 0 Å². The highest BCUT2D eigenvalue weighted by Gasteiger charge is 2.32. The fourth-order valence-corrected chi connectivity index (χ4v) is 3.76. The maximum Gasteiger partial charge on any atom is 0.416 e. The van der Waals surface area contributed by atoms with Crippen molar-refractivity contribution >= 4 is 43.9 Å². The van der Waals surface area contributed by atoms with Crippen molar-refractivity contribution in [2.24, 2.45) is 10.2 Å². The number of aromatic hydroxyl groups is 1. The molecule has 0 aliphatic heterocycles. The Bertz CT molecular complexity index is 1400.